The van der Waals surface area contributed by atoms with Gasteiger partial charge in [-0.05, 0) is 12.1 Å². The number of rotatable bonds is 0. The molecule has 0 aliphatic carbocycles. The molecule has 0 fully saturated rings. The summed E-state index contributed by atoms with van der Waals surface area (Å²) in [6.45, 7) is 0. The van der Waals surface area contributed by atoms with Crippen LogP contribution in [0.4, 0.5) is 14.5 Å². The van der Waals surface area contributed by atoms with Crippen molar-refractivity contribution in [2.45, 2.75) is 0 Å². The van der Waals surface area contributed by atoms with Crippen molar-refractivity contribution in [1.82, 2.24) is 4.98 Å². The zero-order chi connectivity index (χ0) is 9.42. The van der Waals surface area contributed by atoms with Crippen LogP contribution in [0.2, 0.25) is 0 Å². The van der Waals surface area contributed by atoms with Gasteiger partial charge in [0.1, 0.15) is 5.52 Å². The topological polar surface area (TPSA) is 38.9 Å². The third-order valence-electron chi connectivity index (χ3n) is 1.81. The fourth-order valence-corrected chi connectivity index (χ4v) is 1.20. The van der Waals surface area contributed by atoms with Crippen molar-refractivity contribution >= 4 is 16.6 Å². The van der Waals surface area contributed by atoms with E-state index in [1.54, 1.807) is 0 Å². The summed E-state index contributed by atoms with van der Waals surface area (Å²) in [5.74, 6) is -1.22. The van der Waals surface area contributed by atoms with Crippen LogP contribution in [-0.2, 0) is 0 Å². The fourth-order valence-electron chi connectivity index (χ4n) is 1.20. The van der Waals surface area contributed by atoms with Crippen LogP contribution in [0.15, 0.2) is 24.4 Å². The number of pyridine rings is 1. The van der Waals surface area contributed by atoms with Crippen molar-refractivity contribution < 1.29 is 8.78 Å². The summed E-state index contributed by atoms with van der Waals surface area (Å²) in [4.78, 5) is 3.71. The van der Waals surface area contributed by atoms with Crippen molar-refractivity contribution in [2.75, 3.05) is 5.73 Å². The summed E-state index contributed by atoms with van der Waals surface area (Å²) in [5, 5.41) is 0.111. The Morgan fingerprint density at radius 2 is 2.08 bits per heavy atom. The van der Waals surface area contributed by atoms with Gasteiger partial charge < -0.3 is 5.73 Å². The van der Waals surface area contributed by atoms with E-state index in [0.29, 0.717) is 0 Å². The zero-order valence-electron chi connectivity index (χ0n) is 6.59. The number of fused-ring (bicyclic) bond motifs is 1. The average molecular weight is 180 g/mol. The van der Waals surface area contributed by atoms with E-state index in [9.17, 15) is 8.78 Å². The molecule has 2 N–H and O–H groups in total. The van der Waals surface area contributed by atoms with Crippen LogP contribution in [0.1, 0.15) is 0 Å². The number of nitrogen functional groups attached to an aromatic ring is 1. The maximum Gasteiger partial charge on any atom is 0.155 e. The van der Waals surface area contributed by atoms with Gasteiger partial charge in [-0.15, -0.1) is 0 Å². The predicted molar refractivity (Wildman–Crippen MR) is 46.1 cm³/mol. The van der Waals surface area contributed by atoms with Crippen LogP contribution in [0.3, 0.4) is 0 Å². The number of nitrogens with zero attached hydrogens (tertiary/aromatic N) is 1. The second kappa shape index (κ2) is 2.65. The molecule has 0 unspecified atom stereocenters. The monoisotopic (exact) mass is 180 g/mol. The Balaban J connectivity index is 2.97. The zero-order valence-corrected chi connectivity index (χ0v) is 6.59. The number of anilines is 1. The maximum absolute atomic E-state index is 13.2. The van der Waals surface area contributed by atoms with Gasteiger partial charge in [0.15, 0.2) is 11.6 Å². The van der Waals surface area contributed by atoms with E-state index in [-0.39, 0.29) is 16.6 Å². The maximum atomic E-state index is 13.2. The Morgan fingerprint density at radius 1 is 1.31 bits per heavy atom. The molecule has 2 rings (SSSR count). The molecule has 2 nitrogen and oxygen atoms in total. The van der Waals surface area contributed by atoms with Gasteiger partial charge in [0.05, 0.1) is 5.69 Å². The SMILES string of the molecule is Nc1cc(F)c2ncccc2c1F. The van der Waals surface area contributed by atoms with Crippen LogP contribution in [-0.4, -0.2) is 4.98 Å². The summed E-state index contributed by atoms with van der Waals surface area (Å²) in [5.41, 5.74) is 5.06. The summed E-state index contributed by atoms with van der Waals surface area (Å²) in [7, 11) is 0. The lowest BCUT2D eigenvalue weighted by molar-refractivity contribution is 0.619. The second-order valence-electron chi connectivity index (χ2n) is 2.66. The first-order valence-corrected chi connectivity index (χ1v) is 3.68. The molecule has 0 spiro atoms. The largest absolute Gasteiger partial charge is 0.396 e. The highest BCUT2D eigenvalue weighted by Gasteiger charge is 2.09. The molecular formula is C9H6F2N2. The summed E-state index contributed by atoms with van der Waals surface area (Å²) < 4.78 is 26.4. The molecule has 0 atom stereocenters. The first-order valence-electron chi connectivity index (χ1n) is 3.68. The minimum Gasteiger partial charge on any atom is -0.396 e. The van der Waals surface area contributed by atoms with Gasteiger partial charge >= 0.3 is 0 Å². The Bertz CT molecular complexity index is 468. The third-order valence-corrected chi connectivity index (χ3v) is 1.81. The van der Waals surface area contributed by atoms with Gasteiger partial charge in [-0.25, -0.2) is 8.78 Å². The van der Waals surface area contributed by atoms with E-state index in [4.69, 9.17) is 5.73 Å². The first kappa shape index (κ1) is 7.91. The van der Waals surface area contributed by atoms with E-state index in [2.05, 4.69) is 4.98 Å². The molecule has 1 aromatic heterocycles. The average Bonchev–Trinajstić information content (AvgIpc) is 2.15. The highest BCUT2D eigenvalue weighted by atomic mass is 19.1. The Morgan fingerprint density at radius 3 is 2.85 bits per heavy atom. The smallest absolute Gasteiger partial charge is 0.155 e. The minimum atomic E-state index is -0.621. The molecule has 66 valence electrons. The van der Waals surface area contributed by atoms with Crippen molar-refractivity contribution in [1.29, 1.82) is 0 Å². The van der Waals surface area contributed by atoms with Gasteiger partial charge in [0.25, 0.3) is 0 Å². The lowest BCUT2D eigenvalue weighted by Crippen LogP contribution is -1.95. The molecular weight excluding hydrogens is 174 g/mol. The molecule has 0 saturated carbocycles. The Kier molecular flexibility index (Phi) is 1.62. The predicted octanol–water partition coefficient (Wildman–Crippen LogP) is 2.10. The van der Waals surface area contributed by atoms with E-state index < -0.39 is 11.6 Å². The van der Waals surface area contributed by atoms with E-state index in [1.165, 1.54) is 18.3 Å². The summed E-state index contributed by atoms with van der Waals surface area (Å²) in [6, 6.07) is 3.91. The van der Waals surface area contributed by atoms with Gasteiger partial charge in [-0.3, -0.25) is 4.98 Å². The van der Waals surface area contributed by atoms with Gasteiger partial charge in [-0.1, -0.05) is 0 Å². The van der Waals surface area contributed by atoms with Crippen LogP contribution in [0.25, 0.3) is 10.9 Å². The van der Waals surface area contributed by atoms with Crippen molar-refractivity contribution in [3.8, 4) is 0 Å². The standard InChI is InChI=1S/C9H6F2N2/c10-6-4-7(12)8(11)5-2-1-3-13-9(5)6/h1-4H,12H2. The molecule has 0 bridgehead atoms. The molecule has 13 heavy (non-hydrogen) atoms. The normalized spacial score (nSPS) is 10.6. The third kappa shape index (κ3) is 1.11. The molecule has 1 aromatic carbocycles. The van der Waals surface area contributed by atoms with Crippen LogP contribution in [0, 0.1) is 11.6 Å². The van der Waals surface area contributed by atoms with Crippen molar-refractivity contribution in [3.05, 3.63) is 36.0 Å². The molecule has 0 aliphatic rings. The number of benzene rings is 1. The summed E-state index contributed by atoms with van der Waals surface area (Å²) in [6.07, 6.45) is 1.40. The highest BCUT2D eigenvalue weighted by Crippen LogP contribution is 2.23. The molecule has 0 saturated heterocycles. The Labute approximate surface area is 73.0 Å². The molecule has 1 heterocycles. The molecule has 2 aromatic rings. The molecule has 0 amide bonds. The van der Waals surface area contributed by atoms with Crippen LogP contribution < -0.4 is 5.73 Å². The quantitative estimate of drug-likeness (QED) is 0.630. The van der Waals surface area contributed by atoms with E-state index >= 15 is 0 Å². The molecule has 4 heteroatoms. The second-order valence-corrected chi connectivity index (χ2v) is 2.66. The van der Waals surface area contributed by atoms with Gasteiger partial charge in [-0.2, -0.15) is 0 Å². The first-order chi connectivity index (χ1) is 6.20. The Hall–Kier alpha value is -1.71. The molecule has 0 aliphatic heterocycles. The van der Waals surface area contributed by atoms with Crippen LogP contribution in [0.5, 0.6) is 0 Å². The highest BCUT2D eigenvalue weighted by molar-refractivity contribution is 5.83. The van der Waals surface area contributed by atoms with Gasteiger partial charge in [0, 0.05) is 17.6 Å². The lowest BCUT2D eigenvalue weighted by atomic mass is 10.2. The van der Waals surface area contributed by atoms with E-state index in [1.807, 2.05) is 0 Å². The van der Waals surface area contributed by atoms with Crippen molar-refractivity contribution in [3.63, 3.8) is 0 Å². The number of hydrogen-bond acceptors (Lipinski definition) is 2. The van der Waals surface area contributed by atoms with E-state index in [0.717, 1.165) is 6.07 Å². The number of hydrogen-bond donors (Lipinski definition) is 1. The fraction of sp³-hybridized carbons (Fsp3) is 0. The minimum absolute atomic E-state index is 0.00852. The number of nitrogens with two attached hydrogens (primary N) is 1. The van der Waals surface area contributed by atoms with Gasteiger partial charge in [0.2, 0.25) is 0 Å². The molecule has 0 radical (unpaired) electrons. The lowest BCUT2D eigenvalue weighted by Gasteiger charge is -2.02. The number of aromatic nitrogens is 1. The number of halogens is 2. The van der Waals surface area contributed by atoms with Crippen molar-refractivity contribution in [2.24, 2.45) is 0 Å². The van der Waals surface area contributed by atoms with Crippen LogP contribution >= 0.6 is 0 Å². The summed E-state index contributed by atoms with van der Waals surface area (Å²) >= 11 is 0.